The van der Waals surface area contributed by atoms with E-state index in [0.29, 0.717) is 16.8 Å². The molecular weight excluding hydrogens is 256 g/mol. The van der Waals surface area contributed by atoms with Crippen LogP contribution in [0.1, 0.15) is 21.6 Å². The summed E-state index contributed by atoms with van der Waals surface area (Å²) in [7, 11) is 0. The molecule has 2 rings (SSSR count). The SMILES string of the molecule is O=C(NCc1cccnn1)c1ccncc1C#CCO. The van der Waals surface area contributed by atoms with Crippen molar-refractivity contribution in [2.45, 2.75) is 6.54 Å². The lowest BCUT2D eigenvalue weighted by molar-refractivity contribution is 0.0950. The molecule has 0 saturated heterocycles. The molecule has 0 aromatic carbocycles. The zero-order valence-corrected chi connectivity index (χ0v) is 10.6. The maximum absolute atomic E-state index is 12.1. The molecule has 0 aliphatic carbocycles. The van der Waals surface area contributed by atoms with Crippen molar-refractivity contribution >= 4 is 5.91 Å². The zero-order chi connectivity index (χ0) is 14.2. The first-order chi connectivity index (χ1) is 9.81. The van der Waals surface area contributed by atoms with Crippen LogP contribution < -0.4 is 5.32 Å². The van der Waals surface area contributed by atoms with E-state index in [-0.39, 0.29) is 19.1 Å². The van der Waals surface area contributed by atoms with E-state index in [9.17, 15) is 4.79 Å². The standard InChI is InChI=1S/C14H12N4O2/c19-8-2-3-11-9-15-7-5-13(11)14(20)16-10-12-4-1-6-17-18-12/h1,4-7,9,19H,8,10H2,(H,16,20). The van der Waals surface area contributed by atoms with Gasteiger partial charge >= 0.3 is 0 Å². The van der Waals surface area contributed by atoms with Gasteiger partial charge in [-0.15, -0.1) is 0 Å². The number of amides is 1. The number of pyridine rings is 1. The topological polar surface area (TPSA) is 88.0 Å². The average Bonchev–Trinajstić information content (AvgIpc) is 2.52. The van der Waals surface area contributed by atoms with Crippen molar-refractivity contribution in [3.8, 4) is 11.8 Å². The minimum atomic E-state index is -0.278. The number of hydrogen-bond donors (Lipinski definition) is 2. The highest BCUT2D eigenvalue weighted by Crippen LogP contribution is 2.05. The summed E-state index contributed by atoms with van der Waals surface area (Å²) in [6.07, 6.45) is 4.57. The van der Waals surface area contributed by atoms with Gasteiger partial charge < -0.3 is 10.4 Å². The van der Waals surface area contributed by atoms with E-state index in [1.165, 1.54) is 12.4 Å². The number of aromatic nitrogens is 3. The van der Waals surface area contributed by atoms with Crippen LogP contribution in [-0.2, 0) is 6.54 Å². The van der Waals surface area contributed by atoms with Gasteiger partial charge in [0.1, 0.15) is 6.61 Å². The largest absolute Gasteiger partial charge is 0.384 e. The van der Waals surface area contributed by atoms with Crippen molar-refractivity contribution in [3.63, 3.8) is 0 Å². The van der Waals surface area contributed by atoms with Gasteiger partial charge in [-0.3, -0.25) is 9.78 Å². The third kappa shape index (κ3) is 3.60. The molecule has 0 spiro atoms. The molecule has 0 unspecified atom stereocenters. The highest BCUT2D eigenvalue weighted by atomic mass is 16.2. The Bertz CT molecular complexity index is 647. The van der Waals surface area contributed by atoms with Crippen LogP contribution in [0, 0.1) is 11.8 Å². The van der Waals surface area contributed by atoms with Crippen LogP contribution in [0.4, 0.5) is 0 Å². The maximum Gasteiger partial charge on any atom is 0.252 e. The molecule has 0 fully saturated rings. The minimum Gasteiger partial charge on any atom is -0.384 e. The lowest BCUT2D eigenvalue weighted by Gasteiger charge is -2.05. The number of nitrogens with zero attached hydrogens (tertiary/aromatic N) is 3. The fourth-order valence-corrected chi connectivity index (χ4v) is 1.52. The molecule has 0 aliphatic rings. The predicted molar refractivity (Wildman–Crippen MR) is 71.4 cm³/mol. The van der Waals surface area contributed by atoms with Crippen LogP contribution in [0.15, 0.2) is 36.8 Å². The summed E-state index contributed by atoms with van der Waals surface area (Å²) in [5.74, 6) is 4.91. The fourth-order valence-electron chi connectivity index (χ4n) is 1.52. The Balaban J connectivity index is 2.09. The monoisotopic (exact) mass is 268 g/mol. The van der Waals surface area contributed by atoms with E-state index >= 15 is 0 Å². The number of aliphatic hydroxyl groups is 1. The maximum atomic E-state index is 12.1. The van der Waals surface area contributed by atoms with Crippen LogP contribution in [0.25, 0.3) is 0 Å². The summed E-state index contributed by atoms with van der Waals surface area (Å²) in [6.45, 7) is 0.0113. The smallest absolute Gasteiger partial charge is 0.252 e. The lowest BCUT2D eigenvalue weighted by Crippen LogP contribution is -2.24. The third-order valence-corrected chi connectivity index (χ3v) is 2.43. The number of aliphatic hydroxyl groups excluding tert-OH is 1. The Hall–Kier alpha value is -2.78. The van der Waals surface area contributed by atoms with E-state index in [1.807, 2.05) is 0 Å². The van der Waals surface area contributed by atoms with Gasteiger partial charge in [0.25, 0.3) is 5.91 Å². The highest BCUT2D eigenvalue weighted by Gasteiger charge is 2.09. The number of nitrogens with one attached hydrogen (secondary N) is 1. The molecular formula is C14H12N4O2. The van der Waals surface area contributed by atoms with Gasteiger partial charge in [0.2, 0.25) is 0 Å². The minimum absolute atomic E-state index is 0.268. The van der Waals surface area contributed by atoms with Gasteiger partial charge in [-0.1, -0.05) is 11.8 Å². The zero-order valence-electron chi connectivity index (χ0n) is 10.6. The van der Waals surface area contributed by atoms with Crippen molar-refractivity contribution in [2.24, 2.45) is 0 Å². The molecule has 0 aliphatic heterocycles. The van der Waals surface area contributed by atoms with Crippen molar-refractivity contribution < 1.29 is 9.90 Å². The van der Waals surface area contributed by atoms with E-state index in [2.05, 4.69) is 32.3 Å². The fraction of sp³-hybridized carbons (Fsp3) is 0.143. The van der Waals surface area contributed by atoms with Gasteiger partial charge in [-0.05, 0) is 18.2 Å². The second kappa shape index (κ2) is 6.97. The first-order valence-corrected chi connectivity index (χ1v) is 5.90. The number of hydrogen-bond acceptors (Lipinski definition) is 5. The Morgan fingerprint density at radius 2 is 2.25 bits per heavy atom. The van der Waals surface area contributed by atoms with Gasteiger partial charge in [0, 0.05) is 18.6 Å². The van der Waals surface area contributed by atoms with Crippen LogP contribution in [-0.4, -0.2) is 32.8 Å². The van der Waals surface area contributed by atoms with Crippen molar-refractivity contribution in [2.75, 3.05) is 6.61 Å². The average molecular weight is 268 g/mol. The molecule has 0 atom stereocenters. The third-order valence-electron chi connectivity index (χ3n) is 2.43. The summed E-state index contributed by atoms with van der Waals surface area (Å²) >= 11 is 0. The summed E-state index contributed by atoms with van der Waals surface area (Å²) in [5.41, 5.74) is 1.54. The van der Waals surface area contributed by atoms with Crippen molar-refractivity contribution in [1.82, 2.24) is 20.5 Å². The summed E-state index contributed by atoms with van der Waals surface area (Å²) < 4.78 is 0. The molecule has 0 bridgehead atoms. The Kier molecular flexibility index (Phi) is 4.76. The van der Waals surface area contributed by atoms with Gasteiger partial charge in [-0.2, -0.15) is 10.2 Å². The van der Waals surface area contributed by atoms with E-state index in [1.54, 1.807) is 24.4 Å². The second-order valence-corrected chi connectivity index (χ2v) is 3.78. The Morgan fingerprint density at radius 1 is 1.35 bits per heavy atom. The molecule has 1 amide bonds. The van der Waals surface area contributed by atoms with E-state index in [4.69, 9.17) is 5.11 Å². The molecule has 6 heteroatoms. The second-order valence-electron chi connectivity index (χ2n) is 3.78. The quantitative estimate of drug-likeness (QED) is 0.773. The van der Waals surface area contributed by atoms with Crippen LogP contribution in [0.3, 0.4) is 0 Å². The van der Waals surface area contributed by atoms with E-state index in [0.717, 1.165) is 0 Å². The van der Waals surface area contributed by atoms with Crippen LogP contribution in [0.5, 0.6) is 0 Å². The Morgan fingerprint density at radius 3 is 3.00 bits per heavy atom. The summed E-state index contributed by atoms with van der Waals surface area (Å²) in [6, 6.07) is 5.10. The number of rotatable bonds is 3. The molecule has 20 heavy (non-hydrogen) atoms. The molecule has 6 nitrogen and oxygen atoms in total. The van der Waals surface area contributed by atoms with Crippen molar-refractivity contribution in [3.05, 3.63) is 53.6 Å². The first kappa shape index (κ1) is 13.6. The molecule has 2 aromatic rings. The normalized spacial score (nSPS) is 9.45. The summed E-state index contributed by atoms with van der Waals surface area (Å²) in [4.78, 5) is 16.0. The Labute approximate surface area is 115 Å². The molecule has 0 saturated carbocycles. The van der Waals surface area contributed by atoms with E-state index < -0.39 is 0 Å². The predicted octanol–water partition coefficient (Wildman–Crippen LogP) is 0.145. The van der Waals surface area contributed by atoms with Gasteiger partial charge in [0.05, 0.1) is 23.4 Å². The van der Waals surface area contributed by atoms with Gasteiger partial charge in [0.15, 0.2) is 0 Å². The molecule has 2 N–H and O–H groups in total. The highest BCUT2D eigenvalue weighted by molar-refractivity contribution is 5.96. The first-order valence-electron chi connectivity index (χ1n) is 5.90. The molecule has 100 valence electrons. The lowest BCUT2D eigenvalue weighted by atomic mass is 10.1. The van der Waals surface area contributed by atoms with Crippen LogP contribution >= 0.6 is 0 Å². The van der Waals surface area contributed by atoms with Crippen molar-refractivity contribution in [1.29, 1.82) is 0 Å². The van der Waals surface area contributed by atoms with Crippen LogP contribution in [0.2, 0.25) is 0 Å². The molecule has 0 radical (unpaired) electrons. The molecule has 2 aromatic heterocycles. The molecule has 2 heterocycles. The number of carbonyl (C=O) groups is 1. The number of carbonyl (C=O) groups excluding carboxylic acids is 1. The van der Waals surface area contributed by atoms with Gasteiger partial charge in [-0.25, -0.2) is 0 Å². The summed E-state index contributed by atoms with van der Waals surface area (Å²) in [5, 5.41) is 19.0.